The van der Waals surface area contributed by atoms with Crippen LogP contribution in [0, 0.1) is 5.82 Å². The molecule has 1 atom stereocenters. The molecular weight excluding hydrogens is 191 g/mol. The number of carboxylic acids is 1. The second kappa shape index (κ2) is 3.17. The van der Waals surface area contributed by atoms with E-state index in [-0.39, 0.29) is 18.1 Å². The van der Waals surface area contributed by atoms with E-state index >= 15 is 0 Å². The second-order valence-corrected chi connectivity index (χ2v) is 2.82. The zero-order valence-electron chi connectivity index (χ0n) is 7.07. The molecule has 2 rings (SSSR count). The van der Waals surface area contributed by atoms with Crippen molar-refractivity contribution in [1.29, 1.82) is 0 Å². The number of carboxylic acid groups (broad SMARTS) is 1. The minimum absolute atomic E-state index is 0.0231. The molecular formula is C9H7FO4. The molecule has 4 nitrogen and oxygen atoms in total. The second-order valence-electron chi connectivity index (χ2n) is 2.82. The van der Waals surface area contributed by atoms with Crippen LogP contribution in [0.5, 0.6) is 11.5 Å². The molecule has 0 bridgehead atoms. The van der Waals surface area contributed by atoms with E-state index in [2.05, 4.69) is 0 Å². The minimum Gasteiger partial charge on any atom is -0.482 e. The predicted octanol–water partition coefficient (Wildman–Crippen LogP) is 1.05. The molecule has 0 aromatic heterocycles. The number of benzene rings is 1. The lowest BCUT2D eigenvalue weighted by Gasteiger charge is -2.23. The van der Waals surface area contributed by atoms with Gasteiger partial charge in [-0.05, 0) is 12.1 Å². The van der Waals surface area contributed by atoms with Crippen LogP contribution in [0.25, 0.3) is 0 Å². The Morgan fingerprint density at radius 3 is 3.07 bits per heavy atom. The van der Waals surface area contributed by atoms with Crippen molar-refractivity contribution in [3.8, 4) is 11.5 Å². The number of rotatable bonds is 1. The number of halogens is 1. The van der Waals surface area contributed by atoms with Crippen molar-refractivity contribution >= 4 is 5.97 Å². The van der Waals surface area contributed by atoms with Crippen molar-refractivity contribution in [3.63, 3.8) is 0 Å². The third kappa shape index (κ3) is 1.37. The highest BCUT2D eigenvalue weighted by atomic mass is 19.1. The number of hydrogen-bond acceptors (Lipinski definition) is 3. The number of para-hydroxylation sites is 1. The van der Waals surface area contributed by atoms with Crippen LogP contribution < -0.4 is 9.47 Å². The molecule has 0 saturated carbocycles. The molecule has 0 aliphatic carbocycles. The maximum absolute atomic E-state index is 13.0. The van der Waals surface area contributed by atoms with Gasteiger partial charge in [-0.2, -0.15) is 0 Å². The topological polar surface area (TPSA) is 55.8 Å². The first-order valence-corrected chi connectivity index (χ1v) is 3.99. The smallest absolute Gasteiger partial charge is 0.348 e. The third-order valence-electron chi connectivity index (χ3n) is 1.85. The van der Waals surface area contributed by atoms with Gasteiger partial charge in [-0.1, -0.05) is 6.07 Å². The van der Waals surface area contributed by atoms with E-state index in [0.29, 0.717) is 0 Å². The first-order valence-electron chi connectivity index (χ1n) is 3.99. The average molecular weight is 198 g/mol. The third-order valence-corrected chi connectivity index (χ3v) is 1.85. The molecule has 14 heavy (non-hydrogen) atoms. The summed E-state index contributed by atoms with van der Waals surface area (Å²) < 4.78 is 23.0. The molecule has 0 saturated heterocycles. The largest absolute Gasteiger partial charge is 0.482 e. The fourth-order valence-electron chi connectivity index (χ4n) is 1.19. The van der Waals surface area contributed by atoms with Gasteiger partial charge < -0.3 is 14.6 Å². The van der Waals surface area contributed by atoms with E-state index in [0.717, 1.165) is 0 Å². The molecule has 5 heteroatoms. The van der Waals surface area contributed by atoms with Crippen molar-refractivity contribution < 1.29 is 23.8 Å². The summed E-state index contributed by atoms with van der Waals surface area (Å²) in [4.78, 5) is 10.6. The van der Waals surface area contributed by atoms with Crippen LogP contribution in [0.1, 0.15) is 0 Å². The molecule has 1 aromatic carbocycles. The summed E-state index contributed by atoms with van der Waals surface area (Å²) in [6, 6.07) is 4.12. The van der Waals surface area contributed by atoms with Crippen LogP contribution in [0.4, 0.5) is 4.39 Å². The van der Waals surface area contributed by atoms with E-state index in [4.69, 9.17) is 14.6 Å². The lowest BCUT2D eigenvalue weighted by molar-refractivity contribution is -0.147. The molecule has 1 N–H and O–H groups in total. The fraction of sp³-hybridized carbons (Fsp3) is 0.222. The van der Waals surface area contributed by atoms with Crippen LogP contribution >= 0.6 is 0 Å². The van der Waals surface area contributed by atoms with Crippen LogP contribution in [-0.4, -0.2) is 23.8 Å². The molecule has 1 unspecified atom stereocenters. The highest BCUT2D eigenvalue weighted by Gasteiger charge is 2.28. The minimum atomic E-state index is -1.13. The normalized spacial score (nSPS) is 19.1. The van der Waals surface area contributed by atoms with Gasteiger partial charge >= 0.3 is 5.97 Å². The van der Waals surface area contributed by atoms with Crippen molar-refractivity contribution in [2.24, 2.45) is 0 Å². The zero-order chi connectivity index (χ0) is 10.1. The summed E-state index contributed by atoms with van der Waals surface area (Å²) in [6.07, 6.45) is -1.07. The fourth-order valence-corrected chi connectivity index (χ4v) is 1.19. The lowest BCUT2D eigenvalue weighted by Crippen LogP contribution is -2.36. The zero-order valence-corrected chi connectivity index (χ0v) is 7.07. The molecule has 0 fully saturated rings. The molecule has 1 aromatic rings. The Kier molecular flexibility index (Phi) is 1.99. The van der Waals surface area contributed by atoms with Gasteiger partial charge in [0.25, 0.3) is 0 Å². The Bertz CT molecular complexity index is 377. The van der Waals surface area contributed by atoms with E-state index in [1.807, 2.05) is 0 Å². The van der Waals surface area contributed by atoms with Crippen LogP contribution in [-0.2, 0) is 4.79 Å². The molecule has 74 valence electrons. The van der Waals surface area contributed by atoms with E-state index in [1.54, 1.807) is 0 Å². The van der Waals surface area contributed by atoms with Gasteiger partial charge in [0.2, 0.25) is 6.10 Å². The Labute approximate surface area is 78.9 Å². The van der Waals surface area contributed by atoms with Gasteiger partial charge in [-0.15, -0.1) is 0 Å². The first kappa shape index (κ1) is 8.80. The average Bonchev–Trinajstić information content (AvgIpc) is 2.17. The van der Waals surface area contributed by atoms with Crippen LogP contribution in [0.2, 0.25) is 0 Å². The summed E-state index contributed by atoms with van der Waals surface area (Å²) in [5.41, 5.74) is 0. The number of fused-ring (bicyclic) bond motifs is 1. The van der Waals surface area contributed by atoms with Gasteiger partial charge in [0.05, 0.1) is 0 Å². The van der Waals surface area contributed by atoms with E-state index in [1.165, 1.54) is 18.2 Å². The Balaban J connectivity index is 2.31. The number of hydrogen-bond donors (Lipinski definition) is 1. The Morgan fingerprint density at radius 1 is 1.57 bits per heavy atom. The summed E-state index contributed by atoms with van der Waals surface area (Å²) in [7, 11) is 0. The standard InChI is InChI=1S/C9H7FO4/c10-5-2-1-3-6-8(5)13-4-7(14-6)9(11)12/h1-3,7H,4H2,(H,11,12). The number of aliphatic carboxylic acids is 1. The van der Waals surface area contributed by atoms with Crippen molar-refractivity contribution in [1.82, 2.24) is 0 Å². The summed E-state index contributed by atoms with van der Waals surface area (Å²) in [6.45, 7) is -0.177. The van der Waals surface area contributed by atoms with Gasteiger partial charge in [0.1, 0.15) is 6.61 Å². The van der Waals surface area contributed by atoms with Crippen molar-refractivity contribution in [2.45, 2.75) is 6.10 Å². The molecule has 0 radical (unpaired) electrons. The van der Waals surface area contributed by atoms with Gasteiger partial charge in [0.15, 0.2) is 17.3 Å². The van der Waals surface area contributed by atoms with Crippen molar-refractivity contribution in [3.05, 3.63) is 24.0 Å². The SMILES string of the molecule is O=C(O)C1COc2c(F)cccc2O1. The maximum Gasteiger partial charge on any atom is 0.348 e. The van der Waals surface area contributed by atoms with Crippen molar-refractivity contribution in [2.75, 3.05) is 6.61 Å². The molecule has 0 spiro atoms. The molecule has 1 heterocycles. The highest BCUT2D eigenvalue weighted by Crippen LogP contribution is 2.33. The monoisotopic (exact) mass is 198 g/mol. The van der Waals surface area contributed by atoms with E-state index < -0.39 is 17.9 Å². The van der Waals surface area contributed by atoms with Crippen LogP contribution in [0.15, 0.2) is 18.2 Å². The quantitative estimate of drug-likeness (QED) is 0.732. The van der Waals surface area contributed by atoms with Gasteiger partial charge in [-0.25, -0.2) is 9.18 Å². The molecule has 1 aliphatic heterocycles. The summed E-state index contributed by atoms with van der Waals surface area (Å²) >= 11 is 0. The molecule has 0 amide bonds. The molecule has 1 aliphatic rings. The predicted molar refractivity (Wildman–Crippen MR) is 43.9 cm³/mol. The summed E-state index contributed by atoms with van der Waals surface area (Å²) in [5.74, 6) is -1.57. The Hall–Kier alpha value is -1.78. The lowest BCUT2D eigenvalue weighted by atomic mass is 10.2. The summed E-state index contributed by atoms with van der Waals surface area (Å²) in [5, 5.41) is 8.63. The van der Waals surface area contributed by atoms with Gasteiger partial charge in [-0.3, -0.25) is 0 Å². The Morgan fingerprint density at radius 2 is 2.36 bits per heavy atom. The number of carbonyl (C=O) groups is 1. The highest BCUT2D eigenvalue weighted by molar-refractivity contribution is 5.73. The number of ether oxygens (including phenoxy) is 2. The first-order chi connectivity index (χ1) is 6.68. The maximum atomic E-state index is 13.0. The van der Waals surface area contributed by atoms with Gasteiger partial charge in [0, 0.05) is 0 Å². The van der Waals surface area contributed by atoms with E-state index in [9.17, 15) is 9.18 Å². The van der Waals surface area contributed by atoms with Crippen LogP contribution in [0.3, 0.4) is 0 Å².